The summed E-state index contributed by atoms with van der Waals surface area (Å²) in [5, 5.41) is 3.40. The molecule has 0 saturated carbocycles. The number of hydrogen-bond acceptors (Lipinski definition) is 2. The highest BCUT2D eigenvalue weighted by molar-refractivity contribution is 5.30. The molecule has 2 atom stereocenters. The van der Waals surface area contributed by atoms with Gasteiger partial charge in [0.1, 0.15) is 5.82 Å². The van der Waals surface area contributed by atoms with Gasteiger partial charge in [-0.25, -0.2) is 4.39 Å². The maximum absolute atomic E-state index is 13.7. The minimum absolute atomic E-state index is 0.116. The van der Waals surface area contributed by atoms with Gasteiger partial charge >= 0.3 is 0 Å². The SMILES string of the molecule is CCCC(C)[C@H](c1cc(F)ccc1C)N1CCNCC1. The molecule has 0 spiro atoms. The molecule has 0 amide bonds. The van der Waals surface area contributed by atoms with Crippen molar-refractivity contribution in [2.75, 3.05) is 26.2 Å². The predicted molar refractivity (Wildman–Crippen MR) is 82.4 cm³/mol. The number of nitrogens with zero attached hydrogens (tertiary/aromatic N) is 1. The number of hydrogen-bond donors (Lipinski definition) is 1. The second-order valence-electron chi connectivity index (χ2n) is 6.00. The average Bonchev–Trinajstić information content (AvgIpc) is 2.44. The maximum atomic E-state index is 13.7. The molecule has 0 aromatic heterocycles. The zero-order valence-electron chi connectivity index (χ0n) is 13.0. The Morgan fingerprint density at radius 3 is 2.65 bits per heavy atom. The molecule has 20 heavy (non-hydrogen) atoms. The van der Waals surface area contributed by atoms with Gasteiger partial charge in [-0.15, -0.1) is 0 Å². The Hall–Kier alpha value is -0.930. The Bertz CT molecular complexity index is 427. The van der Waals surface area contributed by atoms with Crippen LogP contribution in [0.4, 0.5) is 4.39 Å². The molecule has 1 aliphatic heterocycles. The van der Waals surface area contributed by atoms with E-state index in [4.69, 9.17) is 0 Å². The maximum Gasteiger partial charge on any atom is 0.123 e. The standard InChI is InChI=1S/C17H27FN2/c1-4-5-14(3)17(20-10-8-19-9-11-20)16-12-15(18)7-6-13(16)2/h6-7,12,14,17,19H,4-5,8-11H2,1-3H3/t14?,17-/m1/s1. The van der Waals surface area contributed by atoms with Crippen molar-refractivity contribution < 1.29 is 4.39 Å². The number of aryl methyl sites for hydroxylation is 1. The van der Waals surface area contributed by atoms with Gasteiger partial charge in [0, 0.05) is 32.2 Å². The molecule has 112 valence electrons. The summed E-state index contributed by atoms with van der Waals surface area (Å²) in [6.45, 7) is 10.8. The van der Waals surface area contributed by atoms with Crippen LogP contribution in [-0.4, -0.2) is 31.1 Å². The van der Waals surface area contributed by atoms with Crippen molar-refractivity contribution in [1.82, 2.24) is 10.2 Å². The van der Waals surface area contributed by atoms with Crippen molar-refractivity contribution in [3.63, 3.8) is 0 Å². The molecule has 1 aromatic carbocycles. The van der Waals surface area contributed by atoms with Gasteiger partial charge in [-0.2, -0.15) is 0 Å². The van der Waals surface area contributed by atoms with E-state index in [0.29, 0.717) is 12.0 Å². The van der Waals surface area contributed by atoms with Gasteiger partial charge in [0.05, 0.1) is 0 Å². The zero-order valence-corrected chi connectivity index (χ0v) is 13.0. The summed E-state index contributed by atoms with van der Waals surface area (Å²) >= 11 is 0. The summed E-state index contributed by atoms with van der Waals surface area (Å²) in [4.78, 5) is 2.53. The van der Waals surface area contributed by atoms with Crippen molar-refractivity contribution in [1.29, 1.82) is 0 Å². The largest absolute Gasteiger partial charge is 0.314 e. The third-order valence-corrected chi connectivity index (χ3v) is 4.39. The van der Waals surface area contributed by atoms with Crippen LogP contribution in [0, 0.1) is 18.7 Å². The number of piperazine rings is 1. The number of halogens is 1. The average molecular weight is 278 g/mol. The molecule has 1 heterocycles. The molecule has 2 rings (SSSR count). The van der Waals surface area contributed by atoms with Crippen LogP contribution >= 0.6 is 0 Å². The molecule has 1 saturated heterocycles. The fourth-order valence-electron chi connectivity index (χ4n) is 3.37. The molecule has 1 N–H and O–H groups in total. The molecule has 3 heteroatoms. The number of nitrogens with one attached hydrogen (secondary N) is 1. The minimum atomic E-state index is -0.116. The summed E-state index contributed by atoms with van der Waals surface area (Å²) in [6, 6.07) is 5.57. The van der Waals surface area contributed by atoms with Crippen LogP contribution in [0.25, 0.3) is 0 Å². The van der Waals surface area contributed by atoms with E-state index >= 15 is 0 Å². The summed E-state index contributed by atoms with van der Waals surface area (Å²) in [6.07, 6.45) is 2.36. The lowest BCUT2D eigenvalue weighted by atomic mass is 9.87. The van der Waals surface area contributed by atoms with Gasteiger partial charge in [0.25, 0.3) is 0 Å². The van der Waals surface area contributed by atoms with Gasteiger partial charge in [-0.3, -0.25) is 4.90 Å². The van der Waals surface area contributed by atoms with E-state index in [2.05, 4.69) is 31.0 Å². The summed E-state index contributed by atoms with van der Waals surface area (Å²) in [7, 11) is 0. The first-order valence-electron chi connectivity index (χ1n) is 7.84. The second kappa shape index (κ2) is 7.19. The van der Waals surface area contributed by atoms with Crippen LogP contribution in [0.15, 0.2) is 18.2 Å². The van der Waals surface area contributed by atoms with E-state index in [1.54, 1.807) is 12.1 Å². The van der Waals surface area contributed by atoms with Gasteiger partial charge in [0.2, 0.25) is 0 Å². The van der Waals surface area contributed by atoms with Crippen LogP contribution in [0.3, 0.4) is 0 Å². The Morgan fingerprint density at radius 1 is 1.30 bits per heavy atom. The molecule has 1 aliphatic rings. The highest BCUT2D eigenvalue weighted by Crippen LogP contribution is 2.34. The number of rotatable bonds is 5. The van der Waals surface area contributed by atoms with Crippen LogP contribution in [0.1, 0.15) is 43.9 Å². The molecule has 0 radical (unpaired) electrons. The zero-order chi connectivity index (χ0) is 14.5. The van der Waals surface area contributed by atoms with Crippen molar-refractivity contribution >= 4 is 0 Å². The first-order chi connectivity index (χ1) is 9.63. The van der Waals surface area contributed by atoms with Gasteiger partial charge in [-0.05, 0) is 42.5 Å². The lowest BCUT2D eigenvalue weighted by molar-refractivity contribution is 0.125. The minimum Gasteiger partial charge on any atom is -0.314 e. The molecule has 1 aromatic rings. The second-order valence-corrected chi connectivity index (χ2v) is 6.00. The molecule has 0 bridgehead atoms. The fourth-order valence-corrected chi connectivity index (χ4v) is 3.37. The molecule has 1 unspecified atom stereocenters. The molecule has 2 nitrogen and oxygen atoms in total. The Labute approximate surface area is 122 Å². The normalized spacial score (nSPS) is 19.8. The highest BCUT2D eigenvalue weighted by atomic mass is 19.1. The third kappa shape index (κ3) is 3.58. The van der Waals surface area contributed by atoms with Crippen molar-refractivity contribution in [2.24, 2.45) is 5.92 Å². The summed E-state index contributed by atoms with van der Waals surface area (Å²) in [5.74, 6) is 0.438. The van der Waals surface area contributed by atoms with Crippen molar-refractivity contribution in [3.05, 3.63) is 35.1 Å². The molecule has 1 fully saturated rings. The van der Waals surface area contributed by atoms with Crippen molar-refractivity contribution in [3.8, 4) is 0 Å². The van der Waals surface area contributed by atoms with Crippen LogP contribution in [0.5, 0.6) is 0 Å². The predicted octanol–water partition coefficient (Wildman–Crippen LogP) is 3.52. The molecular weight excluding hydrogens is 251 g/mol. The van der Waals surface area contributed by atoms with E-state index in [1.165, 1.54) is 24.0 Å². The Balaban J connectivity index is 2.31. The molecule has 0 aliphatic carbocycles. The van der Waals surface area contributed by atoms with Crippen LogP contribution in [-0.2, 0) is 0 Å². The van der Waals surface area contributed by atoms with Crippen LogP contribution in [0.2, 0.25) is 0 Å². The summed E-state index contributed by atoms with van der Waals surface area (Å²) < 4.78 is 13.7. The number of benzene rings is 1. The lowest BCUT2D eigenvalue weighted by Gasteiger charge is -2.39. The van der Waals surface area contributed by atoms with E-state index < -0.39 is 0 Å². The van der Waals surface area contributed by atoms with Gasteiger partial charge < -0.3 is 5.32 Å². The lowest BCUT2D eigenvalue weighted by Crippen LogP contribution is -2.46. The fraction of sp³-hybridized carbons (Fsp3) is 0.647. The molecular formula is C17H27FN2. The monoisotopic (exact) mass is 278 g/mol. The van der Waals surface area contributed by atoms with E-state index in [0.717, 1.165) is 26.2 Å². The first-order valence-corrected chi connectivity index (χ1v) is 7.84. The van der Waals surface area contributed by atoms with Crippen LogP contribution < -0.4 is 5.32 Å². The van der Waals surface area contributed by atoms with E-state index in [1.807, 2.05) is 6.07 Å². The Kier molecular flexibility index (Phi) is 5.55. The first kappa shape index (κ1) is 15.5. The summed E-state index contributed by atoms with van der Waals surface area (Å²) in [5.41, 5.74) is 2.38. The quantitative estimate of drug-likeness (QED) is 0.886. The smallest absolute Gasteiger partial charge is 0.123 e. The van der Waals surface area contributed by atoms with Crippen molar-refractivity contribution in [2.45, 2.75) is 39.7 Å². The van der Waals surface area contributed by atoms with E-state index in [9.17, 15) is 4.39 Å². The highest BCUT2D eigenvalue weighted by Gasteiger charge is 2.28. The van der Waals surface area contributed by atoms with E-state index in [-0.39, 0.29) is 5.82 Å². The topological polar surface area (TPSA) is 15.3 Å². The Morgan fingerprint density at radius 2 is 2.00 bits per heavy atom. The van der Waals surface area contributed by atoms with Gasteiger partial charge in [-0.1, -0.05) is 26.3 Å². The van der Waals surface area contributed by atoms with Gasteiger partial charge in [0.15, 0.2) is 0 Å². The third-order valence-electron chi connectivity index (χ3n) is 4.39.